The second-order valence-corrected chi connectivity index (χ2v) is 4.95. The minimum atomic E-state index is 0.823. The Kier molecular flexibility index (Phi) is 3.68. The Morgan fingerprint density at radius 3 is 2.11 bits per heavy atom. The highest BCUT2D eigenvalue weighted by Crippen LogP contribution is 2.23. The standard InChI is InChI=1S/C16H21N2/c1-3-18(2,16-7-5-4-6-8-16)13-14-9-11-15(17)12-10-14/h4-12H,3,13,17H2,1-2H3/q+1. The predicted octanol–water partition coefficient (Wildman–Crippen LogP) is 3.43. The van der Waals surface area contributed by atoms with Crippen LogP contribution in [0.3, 0.4) is 0 Å². The summed E-state index contributed by atoms with van der Waals surface area (Å²) in [4.78, 5) is 0. The molecule has 2 rings (SSSR count). The fourth-order valence-corrected chi connectivity index (χ4v) is 2.20. The Balaban J connectivity index is 2.26. The Hall–Kier alpha value is -1.80. The van der Waals surface area contributed by atoms with Crippen molar-refractivity contribution in [3.8, 4) is 0 Å². The molecule has 94 valence electrons. The summed E-state index contributed by atoms with van der Waals surface area (Å²) in [5.74, 6) is 0. The highest BCUT2D eigenvalue weighted by molar-refractivity contribution is 5.44. The van der Waals surface area contributed by atoms with E-state index in [1.165, 1.54) is 11.3 Å². The van der Waals surface area contributed by atoms with Gasteiger partial charge in [0, 0.05) is 11.3 Å². The Morgan fingerprint density at radius 2 is 1.56 bits per heavy atom. The molecule has 2 nitrogen and oxygen atoms in total. The van der Waals surface area contributed by atoms with Gasteiger partial charge in [0.05, 0.1) is 13.6 Å². The van der Waals surface area contributed by atoms with Crippen LogP contribution in [-0.4, -0.2) is 13.6 Å². The third-order valence-corrected chi connectivity index (χ3v) is 3.59. The molecule has 0 fully saturated rings. The van der Waals surface area contributed by atoms with Crippen molar-refractivity contribution in [1.82, 2.24) is 4.48 Å². The van der Waals surface area contributed by atoms with Crippen LogP contribution in [0.2, 0.25) is 0 Å². The van der Waals surface area contributed by atoms with Crippen LogP contribution in [0.15, 0.2) is 54.6 Å². The molecule has 0 saturated carbocycles. The molecule has 2 aromatic carbocycles. The van der Waals surface area contributed by atoms with Crippen LogP contribution in [0, 0.1) is 0 Å². The van der Waals surface area contributed by atoms with Gasteiger partial charge >= 0.3 is 0 Å². The fraction of sp³-hybridized carbons (Fsp3) is 0.250. The Labute approximate surface area is 109 Å². The van der Waals surface area contributed by atoms with Gasteiger partial charge in [0.15, 0.2) is 0 Å². The van der Waals surface area contributed by atoms with Crippen LogP contribution in [0.4, 0.5) is 11.4 Å². The summed E-state index contributed by atoms with van der Waals surface area (Å²) >= 11 is 0. The predicted molar refractivity (Wildman–Crippen MR) is 79.3 cm³/mol. The average Bonchev–Trinajstić information content (AvgIpc) is 2.42. The topological polar surface area (TPSA) is 26.0 Å². The minimum absolute atomic E-state index is 0.823. The maximum atomic E-state index is 5.73. The summed E-state index contributed by atoms with van der Waals surface area (Å²) < 4.78 is 0.907. The number of quaternary nitrogens is 1. The van der Waals surface area contributed by atoms with Gasteiger partial charge in [-0.05, 0) is 31.2 Å². The Morgan fingerprint density at radius 1 is 0.944 bits per heavy atom. The van der Waals surface area contributed by atoms with Crippen LogP contribution >= 0.6 is 0 Å². The molecule has 0 aliphatic carbocycles. The zero-order valence-corrected chi connectivity index (χ0v) is 11.1. The summed E-state index contributed by atoms with van der Waals surface area (Å²) in [6.45, 7) is 4.28. The van der Waals surface area contributed by atoms with E-state index in [-0.39, 0.29) is 0 Å². The first-order valence-corrected chi connectivity index (χ1v) is 6.38. The van der Waals surface area contributed by atoms with E-state index in [2.05, 4.69) is 56.4 Å². The molecular weight excluding hydrogens is 220 g/mol. The van der Waals surface area contributed by atoms with Crippen LogP contribution in [0.5, 0.6) is 0 Å². The van der Waals surface area contributed by atoms with Crippen LogP contribution < -0.4 is 10.2 Å². The van der Waals surface area contributed by atoms with Gasteiger partial charge in [0.1, 0.15) is 12.2 Å². The molecule has 0 heterocycles. The third-order valence-electron chi connectivity index (χ3n) is 3.59. The first kappa shape index (κ1) is 12.7. The van der Waals surface area contributed by atoms with E-state index in [0.29, 0.717) is 0 Å². The molecule has 2 aromatic rings. The molecule has 0 aromatic heterocycles. The lowest BCUT2D eigenvalue weighted by Crippen LogP contribution is -2.43. The zero-order valence-electron chi connectivity index (χ0n) is 11.1. The maximum Gasteiger partial charge on any atom is 0.132 e. The number of rotatable bonds is 4. The van der Waals surface area contributed by atoms with Gasteiger partial charge in [-0.2, -0.15) is 0 Å². The summed E-state index contributed by atoms with van der Waals surface area (Å²) in [6, 6.07) is 18.8. The molecule has 1 unspecified atom stereocenters. The van der Waals surface area contributed by atoms with E-state index in [1.54, 1.807) is 0 Å². The Bertz CT molecular complexity index is 490. The molecule has 1 atom stereocenters. The lowest BCUT2D eigenvalue weighted by atomic mass is 10.1. The van der Waals surface area contributed by atoms with Crippen LogP contribution in [0.1, 0.15) is 12.5 Å². The summed E-state index contributed by atoms with van der Waals surface area (Å²) in [5, 5.41) is 0. The first-order chi connectivity index (χ1) is 8.64. The van der Waals surface area contributed by atoms with Crippen molar-refractivity contribution < 1.29 is 0 Å². The molecule has 0 radical (unpaired) electrons. The zero-order chi connectivity index (χ0) is 13.0. The molecule has 0 spiro atoms. The number of nitrogen functional groups attached to an aromatic ring is 1. The van der Waals surface area contributed by atoms with E-state index in [4.69, 9.17) is 5.73 Å². The molecular formula is C16H21N2+. The van der Waals surface area contributed by atoms with Crippen molar-refractivity contribution in [3.63, 3.8) is 0 Å². The minimum Gasteiger partial charge on any atom is -0.399 e. The highest BCUT2D eigenvalue weighted by atomic mass is 15.3. The largest absolute Gasteiger partial charge is 0.399 e. The monoisotopic (exact) mass is 241 g/mol. The van der Waals surface area contributed by atoms with Crippen molar-refractivity contribution in [2.24, 2.45) is 0 Å². The van der Waals surface area contributed by atoms with Gasteiger partial charge in [0.25, 0.3) is 0 Å². The number of hydrogen-bond acceptors (Lipinski definition) is 1. The van der Waals surface area contributed by atoms with Crippen molar-refractivity contribution in [3.05, 3.63) is 60.2 Å². The van der Waals surface area contributed by atoms with E-state index in [0.717, 1.165) is 23.3 Å². The lowest BCUT2D eigenvalue weighted by molar-refractivity contribution is 0.339. The van der Waals surface area contributed by atoms with E-state index >= 15 is 0 Å². The van der Waals surface area contributed by atoms with Gasteiger partial charge in [-0.1, -0.05) is 30.3 Å². The van der Waals surface area contributed by atoms with Crippen molar-refractivity contribution in [1.29, 1.82) is 0 Å². The molecule has 18 heavy (non-hydrogen) atoms. The maximum absolute atomic E-state index is 5.73. The number of nitrogens with zero attached hydrogens (tertiary/aromatic N) is 1. The van der Waals surface area contributed by atoms with E-state index < -0.39 is 0 Å². The molecule has 2 heteroatoms. The smallest absolute Gasteiger partial charge is 0.132 e. The van der Waals surface area contributed by atoms with Gasteiger partial charge in [-0.3, -0.25) is 4.48 Å². The van der Waals surface area contributed by atoms with Crippen molar-refractivity contribution in [2.45, 2.75) is 13.5 Å². The first-order valence-electron chi connectivity index (χ1n) is 6.38. The van der Waals surface area contributed by atoms with Gasteiger partial charge in [-0.15, -0.1) is 0 Å². The van der Waals surface area contributed by atoms with Gasteiger partial charge in [0.2, 0.25) is 0 Å². The second kappa shape index (κ2) is 5.23. The number of para-hydroxylation sites is 1. The number of hydrogen-bond donors (Lipinski definition) is 1. The third kappa shape index (κ3) is 2.71. The van der Waals surface area contributed by atoms with Crippen LogP contribution in [-0.2, 0) is 6.54 Å². The van der Waals surface area contributed by atoms with Gasteiger partial charge in [-0.25, -0.2) is 0 Å². The number of benzene rings is 2. The summed E-state index contributed by atoms with van der Waals surface area (Å²) in [7, 11) is 2.27. The van der Waals surface area contributed by atoms with Gasteiger partial charge < -0.3 is 5.73 Å². The molecule has 0 amide bonds. The van der Waals surface area contributed by atoms with Crippen molar-refractivity contribution in [2.75, 3.05) is 19.3 Å². The molecule has 0 saturated heterocycles. The summed E-state index contributed by atoms with van der Waals surface area (Å²) in [5.41, 5.74) is 9.21. The normalized spacial score (nSPS) is 14.1. The van der Waals surface area contributed by atoms with Crippen LogP contribution in [0.25, 0.3) is 0 Å². The number of anilines is 1. The molecule has 0 aliphatic heterocycles. The molecule has 0 aliphatic rings. The van der Waals surface area contributed by atoms with Crippen molar-refractivity contribution >= 4 is 11.4 Å². The lowest BCUT2D eigenvalue weighted by Gasteiger charge is -2.33. The van der Waals surface area contributed by atoms with E-state index in [9.17, 15) is 0 Å². The molecule has 2 N–H and O–H groups in total. The quantitative estimate of drug-likeness (QED) is 0.644. The van der Waals surface area contributed by atoms with E-state index in [1.807, 2.05) is 12.1 Å². The molecule has 0 bridgehead atoms. The summed E-state index contributed by atoms with van der Waals surface area (Å²) in [6.07, 6.45) is 0. The fourth-order valence-electron chi connectivity index (χ4n) is 2.20. The SMILES string of the molecule is CC[N+](C)(Cc1ccc(N)cc1)c1ccccc1. The highest BCUT2D eigenvalue weighted by Gasteiger charge is 2.22. The number of nitrogens with two attached hydrogens (primary N) is 1. The second-order valence-electron chi connectivity index (χ2n) is 4.95. The average molecular weight is 241 g/mol.